The molecule has 1 heterocycles. The number of aromatic nitrogens is 1. The van der Waals surface area contributed by atoms with Crippen LogP contribution in [0.2, 0.25) is 0 Å². The van der Waals surface area contributed by atoms with Gasteiger partial charge in [-0.1, -0.05) is 29.8 Å². The Morgan fingerprint density at radius 3 is 2.55 bits per heavy atom. The molecule has 1 amide bonds. The maximum atomic E-state index is 12.0. The maximum absolute atomic E-state index is 12.0. The van der Waals surface area contributed by atoms with Gasteiger partial charge in [-0.25, -0.2) is 0 Å². The average molecular weight is 269 g/mol. The van der Waals surface area contributed by atoms with Gasteiger partial charge in [0.15, 0.2) is 0 Å². The molecule has 104 valence electrons. The standard InChI is InChI=1S/C16H19N3O/c1-11-3-5-13(6-4-11)12(2)19-16(20)9-15-8-7-14(17)10-18-15/h3-8,10,12H,9,17H2,1-2H3,(H,19,20)/t12-/m0/s1. The van der Waals surface area contributed by atoms with E-state index >= 15 is 0 Å². The summed E-state index contributed by atoms with van der Waals surface area (Å²) in [4.78, 5) is 16.1. The van der Waals surface area contributed by atoms with E-state index in [4.69, 9.17) is 5.73 Å². The summed E-state index contributed by atoms with van der Waals surface area (Å²) < 4.78 is 0. The van der Waals surface area contributed by atoms with E-state index in [1.165, 1.54) is 5.56 Å². The van der Waals surface area contributed by atoms with E-state index in [1.807, 2.05) is 38.1 Å². The molecule has 4 nitrogen and oxygen atoms in total. The lowest BCUT2D eigenvalue weighted by molar-refractivity contribution is -0.121. The third kappa shape index (κ3) is 3.82. The number of amides is 1. The summed E-state index contributed by atoms with van der Waals surface area (Å²) in [5, 5.41) is 2.97. The molecule has 0 bridgehead atoms. The Balaban J connectivity index is 1.93. The van der Waals surface area contributed by atoms with Crippen molar-refractivity contribution in [2.45, 2.75) is 26.3 Å². The number of rotatable bonds is 4. The molecule has 1 atom stereocenters. The van der Waals surface area contributed by atoms with Crippen molar-refractivity contribution in [1.82, 2.24) is 10.3 Å². The largest absolute Gasteiger partial charge is 0.397 e. The van der Waals surface area contributed by atoms with E-state index < -0.39 is 0 Å². The number of hydrogen-bond donors (Lipinski definition) is 2. The molecule has 2 rings (SSSR count). The van der Waals surface area contributed by atoms with Gasteiger partial charge >= 0.3 is 0 Å². The van der Waals surface area contributed by atoms with E-state index in [1.54, 1.807) is 18.3 Å². The molecule has 0 saturated carbocycles. The number of nitrogens with one attached hydrogen (secondary N) is 1. The Morgan fingerprint density at radius 1 is 1.25 bits per heavy atom. The fourth-order valence-electron chi connectivity index (χ4n) is 1.94. The number of anilines is 1. The van der Waals surface area contributed by atoms with Crippen LogP contribution < -0.4 is 11.1 Å². The van der Waals surface area contributed by atoms with Crippen molar-refractivity contribution in [3.63, 3.8) is 0 Å². The number of nitrogens with two attached hydrogens (primary N) is 1. The van der Waals surface area contributed by atoms with Crippen LogP contribution in [0.5, 0.6) is 0 Å². The lowest BCUT2D eigenvalue weighted by Gasteiger charge is -2.14. The minimum Gasteiger partial charge on any atom is -0.397 e. The van der Waals surface area contributed by atoms with Crippen molar-refractivity contribution < 1.29 is 4.79 Å². The highest BCUT2D eigenvalue weighted by Gasteiger charge is 2.10. The highest BCUT2D eigenvalue weighted by atomic mass is 16.1. The van der Waals surface area contributed by atoms with Crippen molar-refractivity contribution in [2.24, 2.45) is 0 Å². The summed E-state index contributed by atoms with van der Waals surface area (Å²) in [6, 6.07) is 11.6. The predicted octanol–water partition coefficient (Wildman–Crippen LogP) is 2.39. The van der Waals surface area contributed by atoms with Gasteiger partial charge in [-0.05, 0) is 31.5 Å². The zero-order valence-electron chi connectivity index (χ0n) is 11.8. The zero-order chi connectivity index (χ0) is 14.5. The number of nitrogens with zero attached hydrogens (tertiary/aromatic N) is 1. The Morgan fingerprint density at radius 2 is 1.95 bits per heavy atom. The van der Waals surface area contributed by atoms with Crippen LogP contribution in [0.1, 0.15) is 29.8 Å². The maximum Gasteiger partial charge on any atom is 0.226 e. The number of carbonyl (C=O) groups is 1. The summed E-state index contributed by atoms with van der Waals surface area (Å²) in [5.74, 6) is -0.0460. The van der Waals surface area contributed by atoms with Gasteiger partial charge in [-0.2, -0.15) is 0 Å². The third-order valence-electron chi connectivity index (χ3n) is 3.14. The van der Waals surface area contributed by atoms with Crippen LogP contribution in [-0.2, 0) is 11.2 Å². The predicted molar refractivity (Wildman–Crippen MR) is 80.1 cm³/mol. The average Bonchev–Trinajstić information content (AvgIpc) is 2.42. The monoisotopic (exact) mass is 269 g/mol. The number of nitrogen functional groups attached to an aromatic ring is 1. The first-order valence-electron chi connectivity index (χ1n) is 6.61. The molecule has 20 heavy (non-hydrogen) atoms. The topological polar surface area (TPSA) is 68.0 Å². The van der Waals surface area contributed by atoms with E-state index in [-0.39, 0.29) is 18.4 Å². The quantitative estimate of drug-likeness (QED) is 0.895. The van der Waals surface area contributed by atoms with Crippen LogP contribution in [0.15, 0.2) is 42.6 Å². The molecular formula is C16H19N3O. The molecule has 0 spiro atoms. The molecular weight excluding hydrogens is 250 g/mol. The van der Waals surface area contributed by atoms with Crippen LogP contribution in [0.4, 0.5) is 5.69 Å². The van der Waals surface area contributed by atoms with E-state index in [0.717, 1.165) is 5.56 Å². The Kier molecular flexibility index (Phi) is 4.35. The van der Waals surface area contributed by atoms with Gasteiger partial charge in [0.1, 0.15) is 0 Å². The van der Waals surface area contributed by atoms with Crippen LogP contribution in [0.25, 0.3) is 0 Å². The van der Waals surface area contributed by atoms with Gasteiger partial charge in [-0.3, -0.25) is 9.78 Å². The molecule has 1 aromatic heterocycles. The van der Waals surface area contributed by atoms with Gasteiger partial charge < -0.3 is 11.1 Å². The highest BCUT2D eigenvalue weighted by Crippen LogP contribution is 2.13. The second-order valence-electron chi connectivity index (χ2n) is 4.96. The first-order chi connectivity index (χ1) is 9.54. The Labute approximate surface area is 119 Å². The third-order valence-corrected chi connectivity index (χ3v) is 3.14. The van der Waals surface area contributed by atoms with Gasteiger partial charge in [0.05, 0.1) is 24.3 Å². The second kappa shape index (κ2) is 6.19. The van der Waals surface area contributed by atoms with Gasteiger partial charge in [-0.15, -0.1) is 0 Å². The molecule has 0 radical (unpaired) electrons. The SMILES string of the molecule is Cc1ccc([C@H](C)NC(=O)Cc2ccc(N)cn2)cc1. The van der Waals surface area contributed by atoms with Crippen molar-refractivity contribution in [3.05, 3.63) is 59.4 Å². The van der Waals surface area contributed by atoms with Crippen molar-refractivity contribution in [1.29, 1.82) is 0 Å². The Bertz CT molecular complexity index is 576. The number of aryl methyl sites for hydroxylation is 1. The zero-order valence-corrected chi connectivity index (χ0v) is 11.8. The second-order valence-corrected chi connectivity index (χ2v) is 4.96. The fourth-order valence-corrected chi connectivity index (χ4v) is 1.94. The number of hydrogen-bond acceptors (Lipinski definition) is 3. The minimum absolute atomic E-state index is 0.0168. The minimum atomic E-state index is -0.0460. The molecule has 4 heteroatoms. The Hall–Kier alpha value is -2.36. The van der Waals surface area contributed by atoms with Crippen LogP contribution in [0, 0.1) is 6.92 Å². The van der Waals surface area contributed by atoms with Crippen LogP contribution in [-0.4, -0.2) is 10.9 Å². The first-order valence-corrected chi connectivity index (χ1v) is 6.61. The number of carbonyl (C=O) groups excluding carboxylic acids is 1. The van der Waals surface area contributed by atoms with Crippen molar-refractivity contribution in [3.8, 4) is 0 Å². The fraction of sp³-hybridized carbons (Fsp3) is 0.250. The first kappa shape index (κ1) is 14.1. The molecule has 2 aromatic rings. The summed E-state index contributed by atoms with van der Waals surface area (Å²) >= 11 is 0. The molecule has 0 fully saturated rings. The summed E-state index contributed by atoms with van der Waals surface area (Å²) in [6.45, 7) is 4.01. The van der Waals surface area contributed by atoms with E-state index in [2.05, 4.69) is 10.3 Å². The smallest absolute Gasteiger partial charge is 0.226 e. The lowest BCUT2D eigenvalue weighted by atomic mass is 10.1. The molecule has 0 aliphatic carbocycles. The molecule has 0 unspecified atom stereocenters. The van der Waals surface area contributed by atoms with Crippen LogP contribution in [0.3, 0.4) is 0 Å². The van der Waals surface area contributed by atoms with E-state index in [9.17, 15) is 4.79 Å². The number of benzene rings is 1. The molecule has 0 aliphatic heterocycles. The van der Waals surface area contributed by atoms with Crippen molar-refractivity contribution in [2.75, 3.05) is 5.73 Å². The van der Waals surface area contributed by atoms with Gasteiger partial charge in [0.25, 0.3) is 0 Å². The van der Waals surface area contributed by atoms with Gasteiger partial charge in [0, 0.05) is 5.69 Å². The molecule has 0 saturated heterocycles. The number of pyridine rings is 1. The van der Waals surface area contributed by atoms with Crippen molar-refractivity contribution >= 4 is 11.6 Å². The summed E-state index contributed by atoms with van der Waals surface area (Å²) in [7, 11) is 0. The molecule has 3 N–H and O–H groups in total. The van der Waals surface area contributed by atoms with E-state index in [0.29, 0.717) is 11.4 Å². The molecule has 0 aliphatic rings. The summed E-state index contributed by atoms with van der Waals surface area (Å²) in [5.41, 5.74) is 9.18. The lowest BCUT2D eigenvalue weighted by Crippen LogP contribution is -2.28. The molecule has 1 aromatic carbocycles. The van der Waals surface area contributed by atoms with Gasteiger partial charge in [0.2, 0.25) is 5.91 Å². The van der Waals surface area contributed by atoms with Crippen LogP contribution >= 0.6 is 0 Å². The summed E-state index contributed by atoms with van der Waals surface area (Å²) in [6.07, 6.45) is 1.82. The normalized spacial score (nSPS) is 11.9. The highest BCUT2D eigenvalue weighted by molar-refractivity contribution is 5.78.